The van der Waals surface area contributed by atoms with Crippen molar-refractivity contribution in [1.29, 1.82) is 0 Å². The van der Waals surface area contributed by atoms with Crippen molar-refractivity contribution in [2.24, 2.45) is 0 Å². The smallest absolute Gasteiger partial charge is 0.286 e. The maximum atomic E-state index is 12.2. The lowest BCUT2D eigenvalue weighted by atomic mass is 10.0. The van der Waals surface area contributed by atoms with Crippen LogP contribution in [0.4, 0.5) is 0 Å². The Bertz CT molecular complexity index is 527. The van der Waals surface area contributed by atoms with Crippen LogP contribution in [-0.4, -0.2) is 55.3 Å². The highest BCUT2D eigenvalue weighted by Crippen LogP contribution is 2.31. The molecule has 7 heteroatoms. The van der Waals surface area contributed by atoms with E-state index in [4.69, 9.17) is 13.9 Å². The first-order chi connectivity index (χ1) is 11.2. The highest BCUT2D eigenvalue weighted by Gasteiger charge is 2.40. The molecule has 2 fully saturated rings. The molecule has 1 spiro atoms. The van der Waals surface area contributed by atoms with Crippen LogP contribution in [-0.2, 0) is 14.3 Å². The van der Waals surface area contributed by atoms with Crippen LogP contribution in [0.2, 0.25) is 0 Å². The second kappa shape index (κ2) is 7.14. The molecule has 2 amide bonds. The largest absolute Gasteiger partial charge is 0.459 e. The van der Waals surface area contributed by atoms with Gasteiger partial charge in [-0.05, 0) is 18.6 Å². The first kappa shape index (κ1) is 16.0. The summed E-state index contributed by atoms with van der Waals surface area (Å²) in [5.74, 6) is -0.300. The second-order valence-electron chi connectivity index (χ2n) is 5.83. The summed E-state index contributed by atoms with van der Waals surface area (Å²) in [5.41, 5.74) is 0. The molecule has 2 saturated heterocycles. The Hall–Kier alpha value is -1.86. The predicted octanol–water partition coefficient (Wildman–Crippen LogP) is 1.16. The quantitative estimate of drug-likeness (QED) is 0.823. The van der Waals surface area contributed by atoms with Crippen molar-refractivity contribution in [3.63, 3.8) is 0 Å². The third kappa shape index (κ3) is 3.92. The van der Waals surface area contributed by atoms with E-state index in [9.17, 15) is 9.59 Å². The summed E-state index contributed by atoms with van der Waals surface area (Å²) in [4.78, 5) is 25.7. The van der Waals surface area contributed by atoms with Gasteiger partial charge in [-0.1, -0.05) is 0 Å². The minimum absolute atomic E-state index is 0.116. The van der Waals surface area contributed by atoms with Gasteiger partial charge >= 0.3 is 0 Å². The molecule has 0 saturated carbocycles. The van der Waals surface area contributed by atoms with Gasteiger partial charge < -0.3 is 24.1 Å². The summed E-state index contributed by atoms with van der Waals surface area (Å²) in [5, 5.41) is 2.74. The van der Waals surface area contributed by atoms with Gasteiger partial charge in [0.1, 0.15) is 0 Å². The predicted molar refractivity (Wildman–Crippen MR) is 80.7 cm³/mol. The van der Waals surface area contributed by atoms with Gasteiger partial charge in [-0.2, -0.15) is 0 Å². The number of furan rings is 1. The van der Waals surface area contributed by atoms with E-state index in [0.29, 0.717) is 45.7 Å². The van der Waals surface area contributed by atoms with E-state index in [-0.39, 0.29) is 17.6 Å². The Morgan fingerprint density at radius 1 is 1.22 bits per heavy atom. The number of nitrogens with zero attached hydrogens (tertiary/aromatic N) is 1. The van der Waals surface area contributed by atoms with Crippen LogP contribution in [0.25, 0.3) is 0 Å². The molecule has 2 aliphatic heterocycles. The lowest BCUT2D eigenvalue weighted by Crippen LogP contribution is -2.47. The van der Waals surface area contributed by atoms with Gasteiger partial charge in [0.25, 0.3) is 5.91 Å². The Morgan fingerprint density at radius 3 is 2.61 bits per heavy atom. The summed E-state index contributed by atoms with van der Waals surface area (Å²) in [7, 11) is 0. The van der Waals surface area contributed by atoms with Crippen molar-refractivity contribution in [1.82, 2.24) is 10.2 Å². The van der Waals surface area contributed by atoms with Gasteiger partial charge in [0.2, 0.25) is 5.91 Å². The Balaban J connectivity index is 1.33. The monoisotopic (exact) mass is 322 g/mol. The molecule has 0 radical (unpaired) electrons. The van der Waals surface area contributed by atoms with Crippen LogP contribution in [0.15, 0.2) is 22.8 Å². The molecule has 0 aliphatic carbocycles. The SMILES string of the molecule is O=C(NCCCC(=O)N1CCC2(CC1)OCCO2)c1ccco1. The summed E-state index contributed by atoms with van der Waals surface area (Å²) in [6.45, 7) is 3.07. The number of ether oxygens (including phenoxy) is 2. The van der Waals surface area contributed by atoms with Crippen molar-refractivity contribution < 1.29 is 23.5 Å². The zero-order valence-corrected chi connectivity index (χ0v) is 13.1. The minimum atomic E-state index is -0.451. The Morgan fingerprint density at radius 2 is 1.96 bits per heavy atom. The first-order valence-electron chi connectivity index (χ1n) is 8.06. The molecule has 0 bridgehead atoms. The topological polar surface area (TPSA) is 81.0 Å². The standard InChI is InChI=1S/C16H22N2O5/c19-14(4-1-7-17-15(20)13-3-2-10-21-13)18-8-5-16(6-9-18)22-11-12-23-16/h2-3,10H,1,4-9,11-12H2,(H,17,20). The van der Waals surface area contributed by atoms with E-state index in [0.717, 1.165) is 12.8 Å². The molecule has 23 heavy (non-hydrogen) atoms. The third-order valence-electron chi connectivity index (χ3n) is 4.29. The maximum absolute atomic E-state index is 12.2. The van der Waals surface area contributed by atoms with Crippen LogP contribution in [0.3, 0.4) is 0 Å². The Kier molecular flexibility index (Phi) is 4.97. The van der Waals surface area contributed by atoms with Crippen molar-refractivity contribution >= 4 is 11.8 Å². The van der Waals surface area contributed by atoms with E-state index in [1.54, 1.807) is 12.1 Å². The van der Waals surface area contributed by atoms with Gasteiger partial charge in [-0.25, -0.2) is 0 Å². The third-order valence-corrected chi connectivity index (χ3v) is 4.29. The summed E-state index contributed by atoms with van der Waals surface area (Å²) >= 11 is 0. The molecule has 0 atom stereocenters. The zero-order valence-electron chi connectivity index (χ0n) is 13.1. The van der Waals surface area contributed by atoms with E-state index in [1.807, 2.05) is 4.90 Å². The highest BCUT2D eigenvalue weighted by molar-refractivity contribution is 5.91. The fourth-order valence-corrected chi connectivity index (χ4v) is 2.98. The highest BCUT2D eigenvalue weighted by atomic mass is 16.7. The number of carbonyl (C=O) groups excluding carboxylic acids is 2. The summed E-state index contributed by atoms with van der Waals surface area (Å²) in [6.07, 6.45) is 3.95. The van der Waals surface area contributed by atoms with Crippen molar-refractivity contribution in [3.8, 4) is 0 Å². The number of carbonyl (C=O) groups is 2. The number of hydrogen-bond donors (Lipinski definition) is 1. The van der Waals surface area contributed by atoms with Gasteiger partial charge in [0.15, 0.2) is 11.5 Å². The van der Waals surface area contributed by atoms with E-state index in [1.165, 1.54) is 6.26 Å². The molecule has 0 aromatic carbocycles. The second-order valence-corrected chi connectivity index (χ2v) is 5.83. The fraction of sp³-hybridized carbons (Fsp3) is 0.625. The van der Waals surface area contributed by atoms with Crippen molar-refractivity contribution in [2.45, 2.75) is 31.5 Å². The molecular weight excluding hydrogens is 300 g/mol. The minimum Gasteiger partial charge on any atom is -0.459 e. The van der Waals surface area contributed by atoms with Gasteiger partial charge in [-0.15, -0.1) is 0 Å². The van der Waals surface area contributed by atoms with Gasteiger partial charge in [0.05, 0.1) is 19.5 Å². The number of piperidine rings is 1. The first-order valence-corrected chi connectivity index (χ1v) is 8.06. The van der Waals surface area contributed by atoms with E-state index >= 15 is 0 Å². The van der Waals surface area contributed by atoms with E-state index in [2.05, 4.69) is 5.32 Å². The van der Waals surface area contributed by atoms with Crippen molar-refractivity contribution in [3.05, 3.63) is 24.2 Å². The molecule has 3 heterocycles. The van der Waals surface area contributed by atoms with E-state index < -0.39 is 5.79 Å². The number of rotatable bonds is 5. The molecule has 7 nitrogen and oxygen atoms in total. The molecular formula is C16H22N2O5. The maximum Gasteiger partial charge on any atom is 0.286 e. The average Bonchev–Trinajstić information content (AvgIpc) is 3.24. The number of likely N-dealkylation sites (tertiary alicyclic amines) is 1. The average molecular weight is 322 g/mol. The lowest BCUT2D eigenvalue weighted by molar-refractivity contribution is -0.187. The number of nitrogens with one attached hydrogen (secondary N) is 1. The van der Waals surface area contributed by atoms with Gasteiger partial charge in [-0.3, -0.25) is 9.59 Å². The van der Waals surface area contributed by atoms with Crippen molar-refractivity contribution in [2.75, 3.05) is 32.8 Å². The lowest BCUT2D eigenvalue weighted by Gasteiger charge is -2.37. The van der Waals surface area contributed by atoms with Crippen LogP contribution in [0.5, 0.6) is 0 Å². The summed E-state index contributed by atoms with van der Waals surface area (Å²) < 4.78 is 16.3. The summed E-state index contributed by atoms with van der Waals surface area (Å²) in [6, 6.07) is 3.27. The van der Waals surface area contributed by atoms with Crippen LogP contribution in [0, 0.1) is 0 Å². The van der Waals surface area contributed by atoms with Crippen LogP contribution < -0.4 is 5.32 Å². The number of hydrogen-bond acceptors (Lipinski definition) is 5. The normalized spacial score (nSPS) is 19.9. The molecule has 1 aromatic rings. The van der Waals surface area contributed by atoms with Gasteiger partial charge in [0, 0.05) is 38.9 Å². The molecule has 1 aromatic heterocycles. The molecule has 3 rings (SSSR count). The molecule has 0 unspecified atom stereocenters. The zero-order chi connectivity index (χ0) is 16.1. The molecule has 2 aliphatic rings. The molecule has 126 valence electrons. The number of amides is 2. The van der Waals surface area contributed by atoms with Crippen LogP contribution >= 0.6 is 0 Å². The molecule has 1 N–H and O–H groups in total. The fourth-order valence-electron chi connectivity index (χ4n) is 2.98. The van der Waals surface area contributed by atoms with Crippen LogP contribution in [0.1, 0.15) is 36.2 Å². The Labute approximate surface area is 134 Å².